The van der Waals surface area contributed by atoms with Crippen molar-refractivity contribution in [2.45, 2.75) is 0 Å². The van der Waals surface area contributed by atoms with E-state index in [0.29, 0.717) is 0 Å². The summed E-state index contributed by atoms with van der Waals surface area (Å²) in [6.07, 6.45) is 0. The van der Waals surface area contributed by atoms with Crippen LogP contribution in [0.2, 0.25) is 0 Å². The van der Waals surface area contributed by atoms with Crippen molar-refractivity contribution in [1.82, 2.24) is 0 Å². The van der Waals surface area contributed by atoms with Crippen LogP contribution in [-0.4, -0.2) is 0 Å². The summed E-state index contributed by atoms with van der Waals surface area (Å²) in [4.78, 5) is 0. The summed E-state index contributed by atoms with van der Waals surface area (Å²) in [5, 5.41) is 0. The third-order valence-corrected chi connectivity index (χ3v) is 0. The molecule has 0 heterocycles. The van der Waals surface area contributed by atoms with Gasteiger partial charge in [-0.1, -0.05) is 0 Å². The zero-order valence-electron chi connectivity index (χ0n) is 2.19. The Bertz CT molecular complexity index is 6.00. The minimum atomic E-state index is 0. The van der Waals surface area contributed by atoms with Crippen LogP contribution in [0, 0.1) is 0 Å². The van der Waals surface area contributed by atoms with Crippen molar-refractivity contribution in [3.05, 3.63) is 0 Å². The van der Waals surface area contributed by atoms with Gasteiger partial charge in [0, 0.05) is 0 Å². The molecule has 4 heteroatoms. The number of hydrogen-bond donors (Lipinski definition) is 0. The second kappa shape index (κ2) is 34.6. The fourth-order valence-corrected chi connectivity index (χ4v) is 0. The number of rotatable bonds is 0. The molecule has 0 saturated carbocycles. The first-order chi connectivity index (χ1) is 0. The molecule has 0 aliphatic carbocycles. The smallest absolute Gasteiger partial charge is 2.00 e. The molecule has 0 aromatic carbocycles. The first-order valence-corrected chi connectivity index (χ1v) is 0. The van der Waals surface area contributed by atoms with Crippen LogP contribution in [0.5, 0.6) is 0 Å². The predicted octanol–water partition coefficient (Wildman–Crippen LogP) is -3.24. The van der Waals surface area contributed by atoms with E-state index in [1.165, 1.54) is 0 Å². The van der Waals surface area contributed by atoms with E-state index < -0.39 is 0 Å². The summed E-state index contributed by atoms with van der Waals surface area (Å²) in [7, 11) is 0. The molecule has 0 spiro atoms. The van der Waals surface area contributed by atoms with E-state index >= 15 is 0 Å². The molecule has 0 saturated heterocycles. The maximum atomic E-state index is 0. The molecule has 0 aromatic heterocycles. The average Bonchev–Trinajstić information content (AvgIpc) is 0. The fraction of sp³-hybridized carbons (Fsp3) is 0. The Hall–Kier alpha value is 1.04. The average molecular weight is 93.9 g/mol. The van der Waals surface area contributed by atoms with Crippen molar-refractivity contribution in [2.75, 3.05) is 0 Å². The molecule has 4 heavy (non-hydrogen) atoms. The Morgan fingerprint density at radius 3 is 0.750 bits per heavy atom. The minimum absolute atomic E-state index is 0. The molecule has 0 aliphatic rings. The van der Waals surface area contributed by atoms with E-state index in [1.807, 2.05) is 0 Å². The number of hydrogen-bond acceptors (Lipinski definition) is 0. The minimum Gasteiger partial charge on any atom is -2.00 e. The van der Waals surface area contributed by atoms with Crippen LogP contribution in [0.25, 0.3) is 0 Å². The van der Waals surface area contributed by atoms with Crippen LogP contribution in [0.3, 0.4) is 0 Å². The molecule has 0 unspecified atom stereocenters. The van der Waals surface area contributed by atoms with Gasteiger partial charge in [0.15, 0.2) is 0 Å². The summed E-state index contributed by atoms with van der Waals surface area (Å²) < 4.78 is 0. The molecule has 21 valence electrons. The van der Waals surface area contributed by atoms with E-state index in [9.17, 15) is 0 Å². The molecule has 0 N–H and O–H groups in total. The molecule has 0 aliphatic heterocycles. The SMILES string of the molecule is [Li+].[Mn+2].[O-2].[O-2]. The second-order valence-electron chi connectivity index (χ2n) is 0. The maximum Gasteiger partial charge on any atom is 2.00 e. The summed E-state index contributed by atoms with van der Waals surface area (Å²) in [5.74, 6) is 0. The Labute approximate surface area is 47.2 Å². The van der Waals surface area contributed by atoms with Gasteiger partial charge in [0.05, 0.1) is 0 Å². The van der Waals surface area contributed by atoms with Gasteiger partial charge in [-0.15, -0.1) is 0 Å². The van der Waals surface area contributed by atoms with Gasteiger partial charge in [-0.25, -0.2) is 0 Å². The van der Waals surface area contributed by atoms with Crippen molar-refractivity contribution in [2.24, 2.45) is 0 Å². The molecule has 2 nitrogen and oxygen atoms in total. The van der Waals surface area contributed by atoms with Crippen LogP contribution in [0.15, 0.2) is 0 Å². The van der Waals surface area contributed by atoms with Gasteiger partial charge >= 0.3 is 35.9 Å². The first-order valence-electron chi connectivity index (χ1n) is 0. The topological polar surface area (TPSA) is 57.0 Å². The van der Waals surface area contributed by atoms with Crippen molar-refractivity contribution in [3.8, 4) is 0 Å². The van der Waals surface area contributed by atoms with Gasteiger partial charge in [-0.05, 0) is 0 Å². The van der Waals surface area contributed by atoms with Gasteiger partial charge < -0.3 is 11.0 Å². The molecule has 0 rings (SSSR count). The van der Waals surface area contributed by atoms with Crippen LogP contribution in [0.1, 0.15) is 0 Å². The van der Waals surface area contributed by atoms with E-state index in [4.69, 9.17) is 0 Å². The molecular weight excluding hydrogens is 93.9 g/mol. The zero-order chi connectivity index (χ0) is 0. The normalized spacial score (nSPS) is 0. The van der Waals surface area contributed by atoms with Crippen molar-refractivity contribution in [1.29, 1.82) is 0 Å². The molecule has 0 fully saturated rings. The predicted molar refractivity (Wildman–Crippen MR) is 1.37 cm³/mol. The Balaban J connectivity index is 0. The molecular formula is LiMnO2-. The summed E-state index contributed by atoms with van der Waals surface area (Å²) >= 11 is 0. The Morgan fingerprint density at radius 2 is 0.750 bits per heavy atom. The van der Waals surface area contributed by atoms with Crippen molar-refractivity contribution >= 4 is 0 Å². The monoisotopic (exact) mass is 93.9 g/mol. The van der Waals surface area contributed by atoms with Gasteiger partial charge in [0.1, 0.15) is 0 Å². The summed E-state index contributed by atoms with van der Waals surface area (Å²) in [6.45, 7) is 0. The Morgan fingerprint density at radius 1 is 0.750 bits per heavy atom. The van der Waals surface area contributed by atoms with E-state index in [2.05, 4.69) is 0 Å². The zero-order valence-corrected chi connectivity index (χ0v) is 3.37. The third-order valence-electron chi connectivity index (χ3n) is 0. The van der Waals surface area contributed by atoms with E-state index in [0.717, 1.165) is 0 Å². The van der Waals surface area contributed by atoms with Gasteiger partial charge in [0.2, 0.25) is 0 Å². The van der Waals surface area contributed by atoms with Crippen LogP contribution in [-0.2, 0) is 28.0 Å². The van der Waals surface area contributed by atoms with Crippen molar-refractivity contribution < 1.29 is 46.9 Å². The van der Waals surface area contributed by atoms with Crippen molar-refractivity contribution in [3.63, 3.8) is 0 Å². The molecule has 0 aromatic rings. The molecule has 0 amide bonds. The van der Waals surface area contributed by atoms with Crippen LogP contribution >= 0.6 is 0 Å². The van der Waals surface area contributed by atoms with Gasteiger partial charge in [-0.3, -0.25) is 0 Å². The summed E-state index contributed by atoms with van der Waals surface area (Å²) in [5.41, 5.74) is 0. The van der Waals surface area contributed by atoms with Crippen LogP contribution in [0.4, 0.5) is 0 Å². The molecule has 0 bridgehead atoms. The quantitative estimate of drug-likeness (QED) is 0.283. The summed E-state index contributed by atoms with van der Waals surface area (Å²) in [6, 6.07) is 0. The van der Waals surface area contributed by atoms with Gasteiger partial charge in [-0.2, -0.15) is 0 Å². The molecule has 1 radical (unpaired) electrons. The first kappa shape index (κ1) is 76.3. The fourth-order valence-electron chi connectivity index (χ4n) is 0. The Kier molecular flexibility index (Phi) is 661. The van der Waals surface area contributed by atoms with E-state index in [-0.39, 0.29) is 46.9 Å². The van der Waals surface area contributed by atoms with E-state index in [1.54, 1.807) is 0 Å². The second-order valence-corrected chi connectivity index (χ2v) is 0. The maximum absolute atomic E-state index is 0. The molecule has 0 atom stereocenters. The largest absolute Gasteiger partial charge is 2.00 e. The van der Waals surface area contributed by atoms with Crippen LogP contribution < -0.4 is 18.9 Å². The third kappa shape index (κ3) is 11.7. The standard InChI is InChI=1S/Li.Mn.2O/q+1;+2;2*-2. The van der Waals surface area contributed by atoms with Gasteiger partial charge in [0.25, 0.3) is 0 Å².